The Morgan fingerprint density at radius 2 is 2.19 bits per heavy atom. The van der Waals surface area contributed by atoms with Gasteiger partial charge in [-0.1, -0.05) is 19.4 Å². The monoisotopic (exact) mass is 217 g/mol. The van der Waals surface area contributed by atoms with Gasteiger partial charge in [-0.25, -0.2) is 4.98 Å². The molecule has 0 atom stereocenters. The molecule has 1 aromatic carbocycles. The molecule has 0 fully saturated rings. The van der Waals surface area contributed by atoms with Crippen LogP contribution in [0.1, 0.15) is 31.2 Å². The highest BCUT2D eigenvalue weighted by atomic mass is 15.1. The molecular formula is C13H19N3. The number of nitrogens with two attached hydrogens (primary N) is 1. The molecule has 2 N–H and O–H groups in total. The van der Waals surface area contributed by atoms with Gasteiger partial charge in [0.2, 0.25) is 0 Å². The van der Waals surface area contributed by atoms with Gasteiger partial charge in [-0.05, 0) is 31.0 Å². The standard InChI is InChI=1S/C13H19N3/c1-3-4-7-16-12-6-5-10(2)8-11(12)15-13(16)9-14/h5-6,8H,3-4,7,9,14H2,1-2H3. The molecule has 0 aliphatic heterocycles. The van der Waals surface area contributed by atoms with E-state index in [2.05, 4.69) is 41.6 Å². The predicted molar refractivity (Wildman–Crippen MR) is 67.3 cm³/mol. The number of rotatable bonds is 4. The molecule has 0 radical (unpaired) electrons. The van der Waals surface area contributed by atoms with Crippen LogP contribution in [0.25, 0.3) is 11.0 Å². The summed E-state index contributed by atoms with van der Waals surface area (Å²) in [6.45, 7) is 5.82. The van der Waals surface area contributed by atoms with Crippen LogP contribution in [0.2, 0.25) is 0 Å². The average molecular weight is 217 g/mol. The quantitative estimate of drug-likeness (QED) is 0.855. The second-order valence-electron chi connectivity index (χ2n) is 4.23. The van der Waals surface area contributed by atoms with Gasteiger partial charge < -0.3 is 10.3 Å². The van der Waals surface area contributed by atoms with E-state index in [0.29, 0.717) is 6.54 Å². The summed E-state index contributed by atoms with van der Waals surface area (Å²) in [7, 11) is 0. The van der Waals surface area contributed by atoms with Crippen LogP contribution >= 0.6 is 0 Å². The van der Waals surface area contributed by atoms with Crippen LogP contribution in [0, 0.1) is 6.92 Å². The van der Waals surface area contributed by atoms with E-state index < -0.39 is 0 Å². The topological polar surface area (TPSA) is 43.8 Å². The van der Waals surface area contributed by atoms with E-state index in [1.807, 2.05) is 0 Å². The van der Waals surface area contributed by atoms with Crippen molar-refractivity contribution in [3.8, 4) is 0 Å². The smallest absolute Gasteiger partial charge is 0.123 e. The van der Waals surface area contributed by atoms with Gasteiger partial charge in [-0.15, -0.1) is 0 Å². The number of hydrogen-bond acceptors (Lipinski definition) is 2. The van der Waals surface area contributed by atoms with E-state index in [0.717, 1.165) is 17.9 Å². The first-order valence-electron chi connectivity index (χ1n) is 5.92. The average Bonchev–Trinajstić information content (AvgIpc) is 2.63. The van der Waals surface area contributed by atoms with E-state index in [9.17, 15) is 0 Å². The first-order chi connectivity index (χ1) is 7.76. The van der Waals surface area contributed by atoms with Crippen LogP contribution < -0.4 is 5.73 Å². The van der Waals surface area contributed by atoms with E-state index in [-0.39, 0.29) is 0 Å². The van der Waals surface area contributed by atoms with Crippen molar-refractivity contribution in [3.63, 3.8) is 0 Å². The zero-order valence-electron chi connectivity index (χ0n) is 10.0. The number of benzene rings is 1. The highest BCUT2D eigenvalue weighted by Crippen LogP contribution is 2.18. The van der Waals surface area contributed by atoms with Crippen molar-refractivity contribution in [1.29, 1.82) is 0 Å². The molecule has 3 nitrogen and oxygen atoms in total. The Balaban J connectivity index is 2.50. The van der Waals surface area contributed by atoms with Crippen molar-refractivity contribution in [2.45, 2.75) is 39.8 Å². The minimum atomic E-state index is 0.511. The van der Waals surface area contributed by atoms with Crippen molar-refractivity contribution in [1.82, 2.24) is 9.55 Å². The number of fused-ring (bicyclic) bond motifs is 1. The Morgan fingerprint density at radius 1 is 1.38 bits per heavy atom. The molecule has 0 bridgehead atoms. The molecule has 0 unspecified atom stereocenters. The fourth-order valence-electron chi connectivity index (χ4n) is 2.01. The van der Waals surface area contributed by atoms with Gasteiger partial charge in [0.05, 0.1) is 17.6 Å². The lowest BCUT2D eigenvalue weighted by molar-refractivity contribution is 0.617. The van der Waals surface area contributed by atoms with Crippen molar-refractivity contribution in [2.75, 3.05) is 0 Å². The van der Waals surface area contributed by atoms with Gasteiger partial charge in [-0.3, -0.25) is 0 Å². The Kier molecular flexibility index (Phi) is 3.25. The van der Waals surface area contributed by atoms with Gasteiger partial charge >= 0.3 is 0 Å². The second-order valence-corrected chi connectivity index (χ2v) is 4.23. The summed E-state index contributed by atoms with van der Waals surface area (Å²) in [5.74, 6) is 0.994. The number of aryl methyl sites for hydroxylation is 2. The maximum Gasteiger partial charge on any atom is 0.123 e. The Morgan fingerprint density at radius 3 is 2.88 bits per heavy atom. The minimum Gasteiger partial charge on any atom is -0.327 e. The maximum atomic E-state index is 5.74. The Labute approximate surface area is 96.3 Å². The molecule has 3 heteroatoms. The number of aromatic nitrogens is 2. The molecule has 2 aromatic rings. The molecule has 0 amide bonds. The predicted octanol–water partition coefficient (Wildman–Crippen LogP) is 2.60. The molecule has 2 rings (SSSR count). The number of nitrogens with zero attached hydrogens (tertiary/aromatic N) is 2. The summed E-state index contributed by atoms with van der Waals surface area (Å²) in [5, 5.41) is 0. The molecule has 16 heavy (non-hydrogen) atoms. The molecular weight excluding hydrogens is 198 g/mol. The van der Waals surface area contributed by atoms with Gasteiger partial charge in [-0.2, -0.15) is 0 Å². The van der Waals surface area contributed by atoms with Crippen LogP contribution in [0.15, 0.2) is 18.2 Å². The molecule has 0 aliphatic rings. The van der Waals surface area contributed by atoms with E-state index >= 15 is 0 Å². The molecule has 0 spiro atoms. The lowest BCUT2D eigenvalue weighted by Crippen LogP contribution is -2.08. The minimum absolute atomic E-state index is 0.511. The van der Waals surface area contributed by atoms with Crippen LogP contribution in [0.3, 0.4) is 0 Å². The van der Waals surface area contributed by atoms with Crippen molar-refractivity contribution >= 4 is 11.0 Å². The molecule has 1 heterocycles. The van der Waals surface area contributed by atoms with Gasteiger partial charge in [0.1, 0.15) is 5.82 Å². The fourth-order valence-corrected chi connectivity index (χ4v) is 2.01. The summed E-state index contributed by atoms with van der Waals surface area (Å²) in [5.41, 5.74) is 9.26. The third kappa shape index (κ3) is 1.95. The number of imidazole rings is 1. The molecule has 0 saturated carbocycles. The highest BCUT2D eigenvalue weighted by Gasteiger charge is 2.08. The normalized spacial score (nSPS) is 11.2. The zero-order chi connectivity index (χ0) is 11.5. The third-order valence-corrected chi connectivity index (χ3v) is 2.90. The summed E-state index contributed by atoms with van der Waals surface area (Å²) in [4.78, 5) is 4.58. The third-order valence-electron chi connectivity index (χ3n) is 2.90. The lowest BCUT2D eigenvalue weighted by atomic mass is 10.2. The fraction of sp³-hybridized carbons (Fsp3) is 0.462. The molecule has 0 aliphatic carbocycles. The van der Waals surface area contributed by atoms with Crippen LogP contribution in [-0.4, -0.2) is 9.55 Å². The van der Waals surface area contributed by atoms with Crippen molar-refractivity contribution in [2.24, 2.45) is 5.73 Å². The summed E-state index contributed by atoms with van der Waals surface area (Å²) < 4.78 is 2.25. The van der Waals surface area contributed by atoms with Gasteiger partial charge in [0.15, 0.2) is 0 Å². The number of unbranched alkanes of at least 4 members (excludes halogenated alkanes) is 1. The summed E-state index contributed by atoms with van der Waals surface area (Å²) in [6, 6.07) is 6.40. The Hall–Kier alpha value is -1.35. The van der Waals surface area contributed by atoms with Gasteiger partial charge in [0, 0.05) is 6.54 Å². The largest absolute Gasteiger partial charge is 0.327 e. The molecule has 86 valence electrons. The summed E-state index contributed by atoms with van der Waals surface area (Å²) >= 11 is 0. The van der Waals surface area contributed by atoms with E-state index in [1.54, 1.807) is 0 Å². The second kappa shape index (κ2) is 4.66. The maximum absolute atomic E-state index is 5.74. The SMILES string of the molecule is CCCCn1c(CN)nc2cc(C)ccc21. The summed E-state index contributed by atoms with van der Waals surface area (Å²) in [6.07, 6.45) is 2.36. The molecule has 1 aromatic heterocycles. The van der Waals surface area contributed by atoms with Crippen molar-refractivity contribution in [3.05, 3.63) is 29.6 Å². The van der Waals surface area contributed by atoms with Crippen LogP contribution in [0.5, 0.6) is 0 Å². The van der Waals surface area contributed by atoms with Crippen LogP contribution in [-0.2, 0) is 13.1 Å². The number of hydrogen-bond donors (Lipinski definition) is 1. The van der Waals surface area contributed by atoms with Gasteiger partial charge in [0.25, 0.3) is 0 Å². The highest BCUT2D eigenvalue weighted by molar-refractivity contribution is 5.76. The van der Waals surface area contributed by atoms with Crippen molar-refractivity contribution < 1.29 is 0 Å². The molecule has 0 saturated heterocycles. The van der Waals surface area contributed by atoms with E-state index in [4.69, 9.17) is 5.73 Å². The van der Waals surface area contributed by atoms with E-state index in [1.165, 1.54) is 23.9 Å². The zero-order valence-corrected chi connectivity index (χ0v) is 10.0. The first kappa shape index (κ1) is 11.1. The lowest BCUT2D eigenvalue weighted by Gasteiger charge is -2.06. The van der Waals surface area contributed by atoms with Crippen LogP contribution in [0.4, 0.5) is 0 Å². The first-order valence-corrected chi connectivity index (χ1v) is 5.92. The Bertz CT molecular complexity index is 485.